The third-order valence-corrected chi connectivity index (χ3v) is 5.88. The molecule has 138 valence electrons. The highest BCUT2D eigenvalue weighted by Gasteiger charge is 2.36. The molecule has 0 aliphatic carbocycles. The highest BCUT2D eigenvalue weighted by molar-refractivity contribution is 7.26. The molecular weight excluding hydrogens is 383 g/mol. The number of benzene rings is 2. The van der Waals surface area contributed by atoms with Gasteiger partial charge in [-0.3, -0.25) is 5.73 Å². The van der Waals surface area contributed by atoms with Gasteiger partial charge in [0.15, 0.2) is 5.52 Å². The second-order valence-corrected chi connectivity index (χ2v) is 7.49. The molecule has 0 atom stereocenters. The number of rotatable bonds is 1. The van der Waals surface area contributed by atoms with E-state index in [2.05, 4.69) is 9.97 Å². The van der Waals surface area contributed by atoms with Crippen molar-refractivity contribution in [2.45, 2.75) is 6.18 Å². The van der Waals surface area contributed by atoms with Crippen LogP contribution in [-0.4, -0.2) is 4.98 Å². The second-order valence-electron chi connectivity index (χ2n) is 6.49. The van der Waals surface area contributed by atoms with Gasteiger partial charge < -0.3 is 0 Å². The average Bonchev–Trinajstić information content (AvgIpc) is 3.06. The average molecular weight is 396 g/mol. The molecule has 0 saturated carbocycles. The van der Waals surface area contributed by atoms with Crippen LogP contribution in [0.4, 0.5) is 19.0 Å². The van der Waals surface area contributed by atoms with Gasteiger partial charge in [-0.2, -0.15) is 13.2 Å². The van der Waals surface area contributed by atoms with Gasteiger partial charge in [-0.25, -0.2) is 9.97 Å². The van der Waals surface area contributed by atoms with Gasteiger partial charge in [0.25, 0.3) is 5.82 Å². The Labute approximate surface area is 161 Å². The van der Waals surface area contributed by atoms with E-state index in [0.717, 1.165) is 16.8 Å². The minimum Gasteiger partial charge on any atom is -0.287 e. The molecular formula is C21H13F3N3S+. The summed E-state index contributed by atoms with van der Waals surface area (Å²) >= 11 is 1.24. The van der Waals surface area contributed by atoms with E-state index in [9.17, 15) is 13.2 Å². The van der Waals surface area contributed by atoms with Crippen molar-refractivity contribution in [2.24, 2.45) is 0 Å². The smallest absolute Gasteiger partial charge is 0.287 e. The number of nitrogen functional groups attached to an aromatic ring is 1. The number of nitrogens with one attached hydrogen (secondary N) is 1. The number of alkyl halides is 3. The Morgan fingerprint density at radius 1 is 0.929 bits per heavy atom. The van der Waals surface area contributed by atoms with Crippen molar-refractivity contribution in [1.82, 2.24) is 4.98 Å². The first-order valence-electron chi connectivity index (χ1n) is 8.53. The quantitative estimate of drug-likeness (QED) is 0.396. The first kappa shape index (κ1) is 16.9. The van der Waals surface area contributed by atoms with Crippen molar-refractivity contribution >= 4 is 48.4 Å². The van der Waals surface area contributed by atoms with Crippen molar-refractivity contribution in [3.8, 4) is 11.3 Å². The molecule has 3 aromatic heterocycles. The summed E-state index contributed by atoms with van der Waals surface area (Å²) < 4.78 is 42.6. The van der Waals surface area contributed by atoms with Crippen molar-refractivity contribution < 1.29 is 18.2 Å². The number of halogens is 3. The van der Waals surface area contributed by atoms with Crippen LogP contribution in [0.1, 0.15) is 5.56 Å². The molecule has 3 nitrogen and oxygen atoms in total. The number of aromatic amines is 1. The summed E-state index contributed by atoms with van der Waals surface area (Å²) in [7, 11) is 0. The molecule has 0 amide bonds. The van der Waals surface area contributed by atoms with Crippen LogP contribution in [0.2, 0.25) is 0 Å². The summed E-state index contributed by atoms with van der Waals surface area (Å²) in [5, 5.41) is 1.65. The topological polar surface area (TPSA) is 53.0 Å². The highest BCUT2D eigenvalue weighted by atomic mass is 32.1. The van der Waals surface area contributed by atoms with Crippen LogP contribution in [0.25, 0.3) is 42.5 Å². The highest BCUT2D eigenvalue weighted by Crippen LogP contribution is 2.44. The van der Waals surface area contributed by atoms with Gasteiger partial charge in [0.1, 0.15) is 4.83 Å². The summed E-state index contributed by atoms with van der Waals surface area (Å²) in [6.07, 6.45) is -4.52. The first-order valence-corrected chi connectivity index (χ1v) is 9.34. The maximum Gasteiger partial charge on any atom is 0.417 e. The third-order valence-electron chi connectivity index (χ3n) is 4.76. The molecule has 5 aromatic rings. The Morgan fingerprint density at radius 2 is 1.61 bits per heavy atom. The third kappa shape index (κ3) is 2.51. The summed E-state index contributed by atoms with van der Waals surface area (Å²) in [6.45, 7) is 0. The van der Waals surface area contributed by atoms with Crippen LogP contribution in [0.5, 0.6) is 0 Å². The Bertz CT molecular complexity index is 1360. The Hall–Kier alpha value is -3.19. The largest absolute Gasteiger partial charge is 0.417 e. The van der Waals surface area contributed by atoms with Crippen LogP contribution in [0, 0.1) is 0 Å². The molecule has 2 aromatic carbocycles. The van der Waals surface area contributed by atoms with Gasteiger partial charge in [0, 0.05) is 10.9 Å². The SMILES string of the molecule is Nc1[nH+]c2c(sc3nc(-c4ccccc4)cc(C(F)(F)F)c32)c2ccccc12. The van der Waals surface area contributed by atoms with Gasteiger partial charge in [0.2, 0.25) is 0 Å². The van der Waals surface area contributed by atoms with Crippen molar-refractivity contribution in [3.05, 3.63) is 66.2 Å². The van der Waals surface area contributed by atoms with Gasteiger partial charge in [-0.05, 0) is 12.1 Å². The van der Waals surface area contributed by atoms with Crippen LogP contribution in [0.15, 0.2) is 60.7 Å². The number of hydrogen-bond donors (Lipinski definition) is 1. The number of nitrogens with zero attached hydrogens (tertiary/aromatic N) is 1. The Balaban J connectivity index is 1.96. The zero-order chi connectivity index (χ0) is 19.5. The summed E-state index contributed by atoms with van der Waals surface area (Å²) in [5.74, 6) is 0.336. The maximum absolute atomic E-state index is 14.0. The number of thiophene rings is 1. The molecule has 3 heterocycles. The fourth-order valence-electron chi connectivity index (χ4n) is 3.51. The molecule has 28 heavy (non-hydrogen) atoms. The van der Waals surface area contributed by atoms with Crippen LogP contribution >= 0.6 is 11.3 Å². The number of anilines is 1. The number of H-pyrrole nitrogens is 1. The van der Waals surface area contributed by atoms with Gasteiger partial charge in [-0.1, -0.05) is 48.5 Å². The van der Waals surface area contributed by atoms with Crippen LogP contribution < -0.4 is 10.7 Å². The summed E-state index contributed by atoms with van der Waals surface area (Å²) in [6, 6.07) is 17.4. The minimum absolute atomic E-state index is 0.0598. The minimum atomic E-state index is -4.52. The molecule has 0 aliphatic heterocycles. The number of pyridine rings is 2. The van der Waals surface area contributed by atoms with Gasteiger partial charge in [0.05, 0.1) is 26.7 Å². The maximum atomic E-state index is 14.0. The lowest BCUT2D eigenvalue weighted by Crippen LogP contribution is -2.13. The van der Waals surface area contributed by atoms with Gasteiger partial charge >= 0.3 is 6.18 Å². The number of aromatic nitrogens is 2. The molecule has 0 unspecified atom stereocenters. The molecule has 0 bridgehead atoms. The van der Waals surface area contributed by atoms with Crippen molar-refractivity contribution in [2.75, 3.05) is 5.73 Å². The molecule has 3 N–H and O–H groups in total. The van der Waals surface area contributed by atoms with Crippen LogP contribution in [-0.2, 0) is 6.18 Å². The lowest BCUT2D eigenvalue weighted by Gasteiger charge is -2.10. The standard InChI is InChI=1S/C21H12F3N3S/c22-21(23,24)14-10-15(11-6-2-1-3-7-11)26-20-16(14)17-18(28-20)12-8-4-5-9-13(12)19(25)27-17/h1-10H,(H2,25,27)/p+1. The number of hydrogen-bond acceptors (Lipinski definition) is 3. The monoisotopic (exact) mass is 396 g/mol. The van der Waals surface area contributed by atoms with E-state index < -0.39 is 11.7 Å². The normalized spacial score (nSPS) is 12.2. The van der Waals surface area contributed by atoms with Gasteiger partial charge in [-0.15, -0.1) is 11.3 Å². The summed E-state index contributed by atoms with van der Waals surface area (Å²) in [5.41, 5.74) is 6.69. The molecule has 0 aliphatic rings. The molecule has 0 spiro atoms. The number of nitrogens with two attached hydrogens (primary N) is 1. The zero-order valence-corrected chi connectivity index (χ0v) is 15.2. The van der Waals surface area contributed by atoms with Crippen molar-refractivity contribution in [3.63, 3.8) is 0 Å². The van der Waals surface area contributed by atoms with E-state index in [1.807, 2.05) is 30.3 Å². The summed E-state index contributed by atoms with van der Waals surface area (Å²) in [4.78, 5) is 7.86. The predicted molar refractivity (Wildman–Crippen MR) is 106 cm³/mol. The van der Waals surface area contributed by atoms with Crippen LogP contribution in [0.3, 0.4) is 0 Å². The van der Waals surface area contributed by atoms with E-state index in [1.165, 1.54) is 11.3 Å². The Morgan fingerprint density at radius 3 is 2.32 bits per heavy atom. The number of fused-ring (bicyclic) bond motifs is 5. The van der Waals surface area contributed by atoms with E-state index in [1.54, 1.807) is 24.3 Å². The lowest BCUT2D eigenvalue weighted by atomic mass is 10.0. The zero-order valence-electron chi connectivity index (χ0n) is 14.3. The Kier molecular flexibility index (Phi) is 3.57. The lowest BCUT2D eigenvalue weighted by molar-refractivity contribution is -0.323. The predicted octanol–water partition coefficient (Wildman–Crippen LogP) is 5.68. The fraction of sp³-hybridized carbons (Fsp3) is 0.0476. The van der Waals surface area contributed by atoms with E-state index >= 15 is 0 Å². The second kappa shape index (κ2) is 5.90. The molecule has 0 saturated heterocycles. The fourth-order valence-corrected chi connectivity index (χ4v) is 4.70. The first-order chi connectivity index (χ1) is 13.4. The molecule has 5 rings (SSSR count). The molecule has 0 fully saturated rings. The van der Waals surface area contributed by atoms with Crippen molar-refractivity contribution in [1.29, 1.82) is 0 Å². The molecule has 0 radical (unpaired) electrons. The molecule has 7 heteroatoms. The van der Waals surface area contributed by atoms with E-state index in [-0.39, 0.29) is 5.39 Å². The van der Waals surface area contributed by atoms with E-state index in [4.69, 9.17) is 5.73 Å². The van der Waals surface area contributed by atoms with E-state index in [0.29, 0.717) is 32.1 Å².